The van der Waals surface area contributed by atoms with E-state index in [2.05, 4.69) is 21.6 Å². The number of carbonyl (C=O) groups excluding carboxylic acids is 1. The van der Waals surface area contributed by atoms with Crippen LogP contribution in [0.4, 0.5) is 11.4 Å². The monoisotopic (exact) mass is 273 g/mol. The minimum Gasteiger partial charge on any atom is -0.370 e. The van der Waals surface area contributed by atoms with Gasteiger partial charge in [-0.25, -0.2) is 0 Å². The maximum absolute atomic E-state index is 12.0. The van der Waals surface area contributed by atoms with Crippen LogP contribution in [0, 0.1) is 0 Å². The number of carbonyl (C=O) groups is 1. The van der Waals surface area contributed by atoms with Crippen LogP contribution in [-0.4, -0.2) is 31.6 Å². The molecule has 0 spiro atoms. The Morgan fingerprint density at radius 2 is 1.95 bits per heavy atom. The van der Waals surface area contributed by atoms with Gasteiger partial charge < -0.3 is 15.5 Å². The summed E-state index contributed by atoms with van der Waals surface area (Å²) in [6.45, 7) is 2.97. The maximum atomic E-state index is 12.0. The molecule has 0 atom stereocenters. The number of benzene rings is 1. The summed E-state index contributed by atoms with van der Waals surface area (Å²) in [5.41, 5.74) is 2.11. The predicted octanol–water partition coefficient (Wildman–Crippen LogP) is 2.37. The van der Waals surface area contributed by atoms with Crippen molar-refractivity contribution in [2.45, 2.75) is 38.1 Å². The molecule has 1 aromatic carbocycles. The lowest BCUT2D eigenvalue weighted by Crippen LogP contribution is -2.24. The largest absolute Gasteiger partial charge is 0.370 e. The second kappa shape index (κ2) is 6.27. The normalized spacial score (nSPS) is 18.3. The Labute approximate surface area is 120 Å². The molecule has 4 nitrogen and oxygen atoms in total. The minimum absolute atomic E-state index is 0.102. The molecule has 0 unspecified atom stereocenters. The number of amides is 1. The van der Waals surface area contributed by atoms with Crippen LogP contribution in [0.25, 0.3) is 0 Å². The van der Waals surface area contributed by atoms with E-state index in [9.17, 15) is 4.79 Å². The van der Waals surface area contributed by atoms with E-state index in [-0.39, 0.29) is 5.91 Å². The third kappa shape index (κ3) is 3.51. The first-order valence-corrected chi connectivity index (χ1v) is 7.70. The van der Waals surface area contributed by atoms with Crippen molar-refractivity contribution in [2.24, 2.45) is 0 Å². The summed E-state index contributed by atoms with van der Waals surface area (Å²) < 4.78 is 0. The van der Waals surface area contributed by atoms with Crippen molar-refractivity contribution in [1.82, 2.24) is 5.32 Å². The Kier molecular flexibility index (Phi) is 4.21. The van der Waals surface area contributed by atoms with E-state index in [0.29, 0.717) is 12.5 Å². The van der Waals surface area contributed by atoms with Gasteiger partial charge in [-0.15, -0.1) is 0 Å². The lowest BCUT2D eigenvalue weighted by atomic mass is 10.2. The first kappa shape index (κ1) is 13.4. The van der Waals surface area contributed by atoms with Crippen LogP contribution in [-0.2, 0) is 4.79 Å². The van der Waals surface area contributed by atoms with Crippen molar-refractivity contribution in [2.75, 3.05) is 29.9 Å². The quantitative estimate of drug-likeness (QED) is 0.836. The lowest BCUT2D eigenvalue weighted by Gasteiger charge is -2.21. The molecule has 0 aromatic heterocycles. The van der Waals surface area contributed by atoms with Crippen molar-refractivity contribution in [3.05, 3.63) is 24.3 Å². The first-order valence-electron chi connectivity index (χ1n) is 7.70. The topological polar surface area (TPSA) is 44.4 Å². The first-order chi connectivity index (χ1) is 9.83. The summed E-state index contributed by atoms with van der Waals surface area (Å²) in [6, 6.07) is 8.79. The molecule has 1 aromatic rings. The fraction of sp³-hybridized carbons (Fsp3) is 0.562. The highest BCUT2D eigenvalue weighted by Gasteiger charge is 2.20. The second-order valence-corrected chi connectivity index (χ2v) is 5.74. The molecule has 1 aliphatic carbocycles. The molecule has 0 bridgehead atoms. The zero-order valence-corrected chi connectivity index (χ0v) is 11.9. The van der Waals surface area contributed by atoms with E-state index in [1.165, 1.54) is 25.7 Å². The van der Waals surface area contributed by atoms with Crippen molar-refractivity contribution in [3.8, 4) is 0 Å². The van der Waals surface area contributed by atoms with Crippen LogP contribution in [0.5, 0.6) is 0 Å². The van der Waals surface area contributed by atoms with Crippen LogP contribution in [0.3, 0.4) is 0 Å². The van der Waals surface area contributed by atoms with Crippen LogP contribution in [0.1, 0.15) is 32.1 Å². The number of nitrogens with one attached hydrogen (secondary N) is 2. The molecule has 20 heavy (non-hydrogen) atoms. The molecule has 1 saturated carbocycles. The van der Waals surface area contributed by atoms with Gasteiger partial charge in [0, 0.05) is 32.1 Å². The van der Waals surface area contributed by atoms with E-state index in [1.807, 2.05) is 18.2 Å². The second-order valence-electron chi connectivity index (χ2n) is 5.74. The molecule has 2 N–H and O–H groups in total. The summed E-state index contributed by atoms with van der Waals surface area (Å²) in [4.78, 5) is 14.4. The van der Waals surface area contributed by atoms with Gasteiger partial charge in [-0.2, -0.15) is 0 Å². The highest BCUT2D eigenvalue weighted by molar-refractivity contribution is 5.94. The molecule has 1 aliphatic heterocycles. The summed E-state index contributed by atoms with van der Waals surface area (Å²) in [5.74, 6) is 0.102. The Morgan fingerprint density at radius 1 is 1.20 bits per heavy atom. The average molecular weight is 273 g/mol. The van der Waals surface area contributed by atoms with Gasteiger partial charge in [0.1, 0.15) is 0 Å². The van der Waals surface area contributed by atoms with Crippen LogP contribution in [0.15, 0.2) is 24.3 Å². The Bertz CT molecular complexity index is 465. The van der Waals surface area contributed by atoms with Gasteiger partial charge in [-0.3, -0.25) is 4.79 Å². The van der Waals surface area contributed by atoms with Gasteiger partial charge >= 0.3 is 0 Å². The van der Waals surface area contributed by atoms with E-state index in [4.69, 9.17) is 0 Å². The van der Waals surface area contributed by atoms with Crippen molar-refractivity contribution in [1.29, 1.82) is 0 Å². The zero-order valence-electron chi connectivity index (χ0n) is 11.9. The molecule has 4 heteroatoms. The van der Waals surface area contributed by atoms with Gasteiger partial charge in [0.15, 0.2) is 0 Å². The van der Waals surface area contributed by atoms with Crippen LogP contribution >= 0.6 is 0 Å². The van der Waals surface area contributed by atoms with Crippen molar-refractivity contribution < 1.29 is 4.79 Å². The summed E-state index contributed by atoms with van der Waals surface area (Å²) in [6.07, 6.45) is 5.56. The molecule has 0 radical (unpaired) electrons. The van der Waals surface area contributed by atoms with Crippen LogP contribution in [0.2, 0.25) is 0 Å². The van der Waals surface area contributed by atoms with Gasteiger partial charge in [0.25, 0.3) is 0 Å². The highest BCUT2D eigenvalue weighted by Crippen LogP contribution is 2.28. The third-order valence-corrected chi connectivity index (χ3v) is 3.99. The van der Waals surface area contributed by atoms with Gasteiger partial charge in [0.05, 0.1) is 11.4 Å². The van der Waals surface area contributed by atoms with E-state index < -0.39 is 0 Å². The standard InChI is InChI=1S/C16H23N3O/c20-16(9-10-17-13-7-8-13)18-14-5-1-2-6-15(14)19-11-3-4-12-19/h1-2,5-6,13,17H,3-4,7-12H2,(H,18,20). The SMILES string of the molecule is O=C(CCNC1CC1)Nc1ccccc1N1CCCC1. The zero-order chi connectivity index (χ0) is 13.8. The number of hydrogen-bond acceptors (Lipinski definition) is 3. The fourth-order valence-electron chi connectivity index (χ4n) is 2.70. The number of hydrogen-bond donors (Lipinski definition) is 2. The molecule has 2 fully saturated rings. The number of para-hydroxylation sites is 2. The Morgan fingerprint density at radius 3 is 2.70 bits per heavy atom. The summed E-state index contributed by atoms with van der Waals surface area (Å²) >= 11 is 0. The van der Waals surface area contributed by atoms with Crippen molar-refractivity contribution >= 4 is 17.3 Å². The summed E-state index contributed by atoms with van der Waals surface area (Å²) in [5, 5.41) is 6.43. The van der Waals surface area contributed by atoms with E-state index >= 15 is 0 Å². The average Bonchev–Trinajstić information content (AvgIpc) is 3.11. The van der Waals surface area contributed by atoms with Crippen LogP contribution < -0.4 is 15.5 Å². The lowest BCUT2D eigenvalue weighted by molar-refractivity contribution is -0.116. The van der Waals surface area contributed by atoms with Gasteiger partial charge in [-0.05, 0) is 37.8 Å². The van der Waals surface area contributed by atoms with Crippen molar-refractivity contribution in [3.63, 3.8) is 0 Å². The molecule has 1 saturated heterocycles. The molecular formula is C16H23N3O. The predicted molar refractivity (Wildman–Crippen MR) is 82.2 cm³/mol. The molecule has 2 aliphatic rings. The maximum Gasteiger partial charge on any atom is 0.225 e. The highest BCUT2D eigenvalue weighted by atomic mass is 16.1. The van der Waals surface area contributed by atoms with E-state index in [1.54, 1.807) is 0 Å². The Balaban J connectivity index is 1.56. The molecule has 108 valence electrons. The fourth-order valence-corrected chi connectivity index (χ4v) is 2.70. The molecule has 1 amide bonds. The third-order valence-electron chi connectivity index (χ3n) is 3.99. The van der Waals surface area contributed by atoms with Gasteiger partial charge in [0.2, 0.25) is 5.91 Å². The number of nitrogens with zero attached hydrogens (tertiary/aromatic N) is 1. The number of rotatable bonds is 6. The minimum atomic E-state index is 0.102. The molecular weight excluding hydrogens is 250 g/mol. The van der Waals surface area contributed by atoms with Gasteiger partial charge in [-0.1, -0.05) is 12.1 Å². The molecule has 1 heterocycles. The molecule has 3 rings (SSSR count). The Hall–Kier alpha value is -1.55. The smallest absolute Gasteiger partial charge is 0.225 e. The number of anilines is 2. The van der Waals surface area contributed by atoms with E-state index in [0.717, 1.165) is 31.0 Å². The summed E-state index contributed by atoms with van der Waals surface area (Å²) in [7, 11) is 0.